The van der Waals surface area contributed by atoms with Gasteiger partial charge in [0.2, 0.25) is 5.91 Å². The Morgan fingerprint density at radius 3 is 2.39 bits per heavy atom. The molecule has 18 heavy (non-hydrogen) atoms. The van der Waals surface area contributed by atoms with Crippen molar-refractivity contribution in [1.82, 2.24) is 0 Å². The molecule has 0 fully saturated rings. The summed E-state index contributed by atoms with van der Waals surface area (Å²) in [5.74, 6) is -0.323. The van der Waals surface area contributed by atoms with E-state index in [4.69, 9.17) is 4.74 Å². The first kappa shape index (κ1) is 14.0. The van der Waals surface area contributed by atoms with E-state index in [-0.39, 0.29) is 11.8 Å². The highest BCUT2D eigenvalue weighted by Crippen LogP contribution is 2.24. The average Bonchev–Trinajstić information content (AvgIpc) is 2.37. The van der Waals surface area contributed by atoms with Crippen LogP contribution in [0, 0.1) is 5.92 Å². The van der Waals surface area contributed by atoms with Crippen molar-refractivity contribution in [3.63, 3.8) is 0 Å². The molecule has 0 heterocycles. The van der Waals surface area contributed by atoms with E-state index in [1.807, 2.05) is 0 Å². The number of carbonyl (C=O) groups is 2. The lowest BCUT2D eigenvalue weighted by molar-refractivity contribution is -0.118. The summed E-state index contributed by atoms with van der Waals surface area (Å²) in [5, 5.41) is 2.73. The molecule has 0 atom stereocenters. The van der Waals surface area contributed by atoms with Crippen LogP contribution in [0.25, 0.3) is 0 Å². The lowest BCUT2D eigenvalue weighted by Crippen LogP contribution is -2.18. The molecule has 5 nitrogen and oxygen atoms in total. The topological polar surface area (TPSA) is 64.6 Å². The Morgan fingerprint density at radius 2 is 1.89 bits per heavy atom. The summed E-state index contributed by atoms with van der Waals surface area (Å²) in [5.41, 5.74) is 0.903. The van der Waals surface area contributed by atoms with Crippen LogP contribution in [0.5, 0.6) is 5.75 Å². The zero-order valence-electron chi connectivity index (χ0n) is 10.9. The second-order valence-electron chi connectivity index (χ2n) is 4.05. The average molecular weight is 251 g/mol. The Morgan fingerprint density at radius 1 is 1.22 bits per heavy atom. The van der Waals surface area contributed by atoms with E-state index in [9.17, 15) is 9.59 Å². The maximum Gasteiger partial charge on any atom is 0.341 e. The van der Waals surface area contributed by atoms with Gasteiger partial charge in [-0.3, -0.25) is 4.79 Å². The Bertz CT molecular complexity index is 454. The Hall–Kier alpha value is -2.04. The third-order valence-corrected chi connectivity index (χ3v) is 2.40. The quantitative estimate of drug-likeness (QED) is 0.832. The predicted molar refractivity (Wildman–Crippen MR) is 67.8 cm³/mol. The molecule has 0 radical (unpaired) electrons. The van der Waals surface area contributed by atoms with E-state index < -0.39 is 5.97 Å². The van der Waals surface area contributed by atoms with Crippen molar-refractivity contribution >= 4 is 17.6 Å². The highest BCUT2D eigenvalue weighted by atomic mass is 16.5. The minimum absolute atomic E-state index is 0.0946. The van der Waals surface area contributed by atoms with E-state index in [2.05, 4.69) is 10.1 Å². The molecule has 1 rings (SSSR count). The Kier molecular flexibility index (Phi) is 4.71. The Balaban J connectivity index is 2.99. The van der Waals surface area contributed by atoms with Gasteiger partial charge in [0.15, 0.2) is 0 Å². The third-order valence-electron chi connectivity index (χ3n) is 2.40. The molecule has 1 aromatic rings. The molecule has 0 bridgehead atoms. The van der Waals surface area contributed by atoms with E-state index in [0.717, 1.165) is 0 Å². The van der Waals surface area contributed by atoms with Crippen molar-refractivity contribution in [3.8, 4) is 5.75 Å². The van der Waals surface area contributed by atoms with Gasteiger partial charge in [0, 0.05) is 17.7 Å². The number of hydrogen-bond acceptors (Lipinski definition) is 4. The Labute approximate surface area is 106 Å². The second-order valence-corrected chi connectivity index (χ2v) is 4.05. The molecule has 0 aliphatic heterocycles. The fraction of sp³-hybridized carbons (Fsp3) is 0.385. The molecule has 0 saturated carbocycles. The van der Waals surface area contributed by atoms with E-state index in [1.54, 1.807) is 32.0 Å². The van der Waals surface area contributed by atoms with Crippen molar-refractivity contribution in [2.45, 2.75) is 13.8 Å². The number of ether oxygens (including phenoxy) is 2. The molecule has 0 unspecified atom stereocenters. The SMILES string of the molecule is COC(=O)c1ccc(NC(=O)C(C)C)cc1OC. The van der Waals surface area contributed by atoms with Gasteiger partial charge in [-0.1, -0.05) is 13.8 Å². The minimum Gasteiger partial charge on any atom is -0.496 e. The summed E-state index contributed by atoms with van der Waals surface area (Å²) < 4.78 is 9.73. The highest BCUT2D eigenvalue weighted by molar-refractivity contribution is 5.95. The lowest BCUT2D eigenvalue weighted by Gasteiger charge is -2.11. The van der Waals surface area contributed by atoms with Crippen LogP contribution in [0.2, 0.25) is 0 Å². The molecular formula is C13H17NO4. The normalized spacial score (nSPS) is 10.1. The van der Waals surface area contributed by atoms with E-state index in [0.29, 0.717) is 17.0 Å². The van der Waals surface area contributed by atoms with Crippen LogP contribution in [0.1, 0.15) is 24.2 Å². The van der Waals surface area contributed by atoms with Crippen LogP contribution in [-0.4, -0.2) is 26.1 Å². The van der Waals surface area contributed by atoms with Gasteiger partial charge in [-0.2, -0.15) is 0 Å². The molecule has 0 aliphatic carbocycles. The number of methoxy groups -OCH3 is 2. The van der Waals surface area contributed by atoms with Gasteiger partial charge in [0.25, 0.3) is 0 Å². The maximum atomic E-state index is 11.5. The molecule has 0 spiro atoms. The highest BCUT2D eigenvalue weighted by Gasteiger charge is 2.14. The largest absolute Gasteiger partial charge is 0.496 e. The van der Waals surface area contributed by atoms with Gasteiger partial charge >= 0.3 is 5.97 Å². The zero-order valence-corrected chi connectivity index (χ0v) is 10.9. The minimum atomic E-state index is -0.478. The van der Waals surface area contributed by atoms with Gasteiger partial charge in [-0.15, -0.1) is 0 Å². The number of nitrogens with one attached hydrogen (secondary N) is 1. The summed E-state index contributed by atoms with van der Waals surface area (Å²) in [6.45, 7) is 3.60. The first-order valence-electron chi connectivity index (χ1n) is 5.56. The molecule has 5 heteroatoms. The molecule has 0 aromatic heterocycles. The van der Waals surface area contributed by atoms with Gasteiger partial charge in [0.1, 0.15) is 11.3 Å². The number of esters is 1. The lowest BCUT2D eigenvalue weighted by atomic mass is 10.1. The molecule has 1 amide bonds. The number of amides is 1. The summed E-state index contributed by atoms with van der Waals surface area (Å²) in [7, 11) is 2.76. The first-order valence-corrected chi connectivity index (χ1v) is 5.56. The predicted octanol–water partition coefficient (Wildman–Crippen LogP) is 2.08. The van der Waals surface area contributed by atoms with Crippen LogP contribution >= 0.6 is 0 Å². The fourth-order valence-corrected chi connectivity index (χ4v) is 1.33. The monoisotopic (exact) mass is 251 g/mol. The molecule has 98 valence electrons. The molecule has 1 N–H and O–H groups in total. The van der Waals surface area contributed by atoms with Gasteiger partial charge in [-0.25, -0.2) is 4.79 Å². The second kappa shape index (κ2) is 6.05. The molecule has 1 aromatic carbocycles. The van der Waals surface area contributed by atoms with Gasteiger partial charge in [0.05, 0.1) is 14.2 Å². The third kappa shape index (κ3) is 3.23. The van der Waals surface area contributed by atoms with E-state index in [1.165, 1.54) is 14.2 Å². The number of carbonyl (C=O) groups excluding carboxylic acids is 2. The van der Waals surface area contributed by atoms with Crippen LogP contribution in [-0.2, 0) is 9.53 Å². The summed E-state index contributed by atoms with van der Waals surface area (Å²) in [4.78, 5) is 23.0. The summed E-state index contributed by atoms with van der Waals surface area (Å²) in [6.07, 6.45) is 0. The standard InChI is InChI=1S/C13H17NO4/c1-8(2)12(15)14-9-5-6-10(13(16)18-4)11(7-9)17-3/h5-8H,1-4H3,(H,14,15). The van der Waals surface area contributed by atoms with Crippen LogP contribution in [0.15, 0.2) is 18.2 Å². The van der Waals surface area contributed by atoms with Crippen LogP contribution in [0.3, 0.4) is 0 Å². The smallest absolute Gasteiger partial charge is 0.341 e. The first-order chi connectivity index (χ1) is 8.49. The van der Waals surface area contributed by atoms with Crippen molar-refractivity contribution in [2.24, 2.45) is 5.92 Å². The van der Waals surface area contributed by atoms with Gasteiger partial charge in [-0.05, 0) is 12.1 Å². The fourth-order valence-electron chi connectivity index (χ4n) is 1.33. The van der Waals surface area contributed by atoms with Gasteiger partial charge < -0.3 is 14.8 Å². The van der Waals surface area contributed by atoms with Crippen molar-refractivity contribution in [2.75, 3.05) is 19.5 Å². The molecule has 0 aliphatic rings. The van der Waals surface area contributed by atoms with Crippen molar-refractivity contribution in [1.29, 1.82) is 0 Å². The van der Waals surface area contributed by atoms with Crippen LogP contribution < -0.4 is 10.1 Å². The number of hydrogen-bond donors (Lipinski definition) is 1. The van der Waals surface area contributed by atoms with Crippen molar-refractivity contribution in [3.05, 3.63) is 23.8 Å². The van der Waals surface area contributed by atoms with Crippen LogP contribution in [0.4, 0.5) is 5.69 Å². The van der Waals surface area contributed by atoms with E-state index >= 15 is 0 Å². The molecular weight excluding hydrogens is 234 g/mol. The number of anilines is 1. The van der Waals surface area contributed by atoms with Crippen molar-refractivity contribution < 1.29 is 19.1 Å². The zero-order chi connectivity index (χ0) is 13.7. The summed E-state index contributed by atoms with van der Waals surface area (Å²) in [6, 6.07) is 4.78. The summed E-state index contributed by atoms with van der Waals surface area (Å²) >= 11 is 0. The number of benzene rings is 1. The maximum absolute atomic E-state index is 11.5. The number of rotatable bonds is 4. The molecule has 0 saturated heterocycles.